The van der Waals surface area contributed by atoms with E-state index in [-0.39, 0.29) is 11.9 Å². The summed E-state index contributed by atoms with van der Waals surface area (Å²) in [5.41, 5.74) is 3.04. The molecular formula is C21H21N5OS. The molecule has 1 amide bonds. The van der Waals surface area contributed by atoms with E-state index in [0.29, 0.717) is 6.42 Å². The minimum atomic E-state index is -0.0419. The van der Waals surface area contributed by atoms with Crippen molar-refractivity contribution in [2.75, 3.05) is 0 Å². The lowest BCUT2D eigenvalue weighted by Crippen LogP contribution is -2.26. The second-order valence-corrected chi connectivity index (χ2v) is 7.76. The van der Waals surface area contributed by atoms with Crippen LogP contribution in [0.1, 0.15) is 36.4 Å². The SMILES string of the molecule is CC(NC(=O)CCCc1nc2ccccc2s1)c1ccc(-n2cncn2)cc1. The van der Waals surface area contributed by atoms with Crippen molar-refractivity contribution in [3.63, 3.8) is 0 Å². The third kappa shape index (κ3) is 4.26. The number of aryl methyl sites for hydroxylation is 1. The first-order chi connectivity index (χ1) is 13.7. The van der Waals surface area contributed by atoms with Gasteiger partial charge >= 0.3 is 0 Å². The fourth-order valence-electron chi connectivity index (χ4n) is 3.08. The third-order valence-electron chi connectivity index (χ3n) is 4.59. The summed E-state index contributed by atoms with van der Waals surface area (Å²) >= 11 is 1.71. The summed E-state index contributed by atoms with van der Waals surface area (Å²) in [6.45, 7) is 2.00. The highest BCUT2D eigenvalue weighted by atomic mass is 32.1. The van der Waals surface area contributed by atoms with Crippen molar-refractivity contribution < 1.29 is 4.79 Å². The Morgan fingerprint density at radius 3 is 2.75 bits per heavy atom. The van der Waals surface area contributed by atoms with Crippen LogP contribution < -0.4 is 5.32 Å². The molecule has 0 saturated heterocycles. The van der Waals surface area contributed by atoms with Crippen LogP contribution >= 0.6 is 11.3 Å². The second-order valence-electron chi connectivity index (χ2n) is 6.65. The molecule has 28 heavy (non-hydrogen) atoms. The summed E-state index contributed by atoms with van der Waals surface area (Å²) in [4.78, 5) is 20.9. The number of fused-ring (bicyclic) bond motifs is 1. The molecule has 0 spiro atoms. The molecule has 1 unspecified atom stereocenters. The van der Waals surface area contributed by atoms with E-state index >= 15 is 0 Å². The van der Waals surface area contributed by atoms with Gasteiger partial charge in [-0.25, -0.2) is 14.6 Å². The molecule has 1 atom stereocenters. The number of nitrogens with zero attached hydrogens (tertiary/aromatic N) is 4. The maximum atomic E-state index is 12.3. The Bertz CT molecular complexity index is 1020. The van der Waals surface area contributed by atoms with Gasteiger partial charge in [0.15, 0.2) is 0 Å². The molecule has 0 radical (unpaired) electrons. The zero-order chi connectivity index (χ0) is 19.3. The van der Waals surface area contributed by atoms with E-state index in [0.717, 1.165) is 34.6 Å². The van der Waals surface area contributed by atoms with Gasteiger partial charge in [-0.1, -0.05) is 24.3 Å². The number of hydrogen-bond acceptors (Lipinski definition) is 5. The molecule has 2 aromatic carbocycles. The molecule has 2 aromatic heterocycles. The highest BCUT2D eigenvalue weighted by Gasteiger charge is 2.11. The first-order valence-electron chi connectivity index (χ1n) is 9.28. The first-order valence-corrected chi connectivity index (χ1v) is 10.1. The van der Waals surface area contributed by atoms with Gasteiger partial charge in [-0.05, 0) is 49.6 Å². The molecule has 0 aliphatic heterocycles. The van der Waals surface area contributed by atoms with Crippen molar-refractivity contribution in [3.8, 4) is 5.69 Å². The minimum Gasteiger partial charge on any atom is -0.350 e. The van der Waals surface area contributed by atoms with E-state index in [4.69, 9.17) is 0 Å². The Balaban J connectivity index is 1.27. The topological polar surface area (TPSA) is 72.7 Å². The van der Waals surface area contributed by atoms with Crippen LogP contribution in [0.25, 0.3) is 15.9 Å². The number of thiazole rings is 1. The van der Waals surface area contributed by atoms with Gasteiger partial charge in [0.2, 0.25) is 5.91 Å². The highest BCUT2D eigenvalue weighted by molar-refractivity contribution is 7.18. The van der Waals surface area contributed by atoms with Crippen LogP contribution in [0.5, 0.6) is 0 Å². The van der Waals surface area contributed by atoms with Crippen molar-refractivity contribution in [1.82, 2.24) is 25.1 Å². The molecule has 0 fully saturated rings. The Kier molecular flexibility index (Phi) is 5.43. The number of aromatic nitrogens is 4. The molecule has 0 bridgehead atoms. The first kappa shape index (κ1) is 18.3. The molecule has 142 valence electrons. The van der Waals surface area contributed by atoms with Gasteiger partial charge < -0.3 is 5.32 Å². The predicted molar refractivity (Wildman–Crippen MR) is 110 cm³/mol. The smallest absolute Gasteiger partial charge is 0.220 e. The van der Waals surface area contributed by atoms with Gasteiger partial charge in [-0.2, -0.15) is 5.10 Å². The van der Waals surface area contributed by atoms with Crippen molar-refractivity contribution >= 4 is 27.5 Å². The van der Waals surface area contributed by atoms with Gasteiger partial charge in [0.25, 0.3) is 0 Å². The lowest BCUT2D eigenvalue weighted by molar-refractivity contribution is -0.121. The van der Waals surface area contributed by atoms with E-state index < -0.39 is 0 Å². The monoisotopic (exact) mass is 391 g/mol. The summed E-state index contributed by atoms with van der Waals surface area (Å²) in [6, 6.07) is 16.0. The summed E-state index contributed by atoms with van der Waals surface area (Å²) < 4.78 is 2.90. The van der Waals surface area contributed by atoms with Crippen LogP contribution in [0.3, 0.4) is 0 Å². The van der Waals surface area contributed by atoms with Gasteiger partial charge in [-0.15, -0.1) is 11.3 Å². The summed E-state index contributed by atoms with van der Waals surface area (Å²) in [7, 11) is 0. The van der Waals surface area contributed by atoms with Crippen LogP contribution in [-0.2, 0) is 11.2 Å². The molecule has 6 nitrogen and oxygen atoms in total. The van der Waals surface area contributed by atoms with E-state index in [2.05, 4.69) is 26.4 Å². The normalized spacial score (nSPS) is 12.2. The Morgan fingerprint density at radius 2 is 2.00 bits per heavy atom. The number of amides is 1. The maximum Gasteiger partial charge on any atom is 0.220 e. The Hall–Kier alpha value is -3.06. The molecule has 4 rings (SSSR count). The summed E-state index contributed by atoms with van der Waals surface area (Å²) in [6.07, 6.45) is 5.28. The zero-order valence-corrected chi connectivity index (χ0v) is 16.4. The Labute approximate surface area is 167 Å². The lowest BCUT2D eigenvalue weighted by Gasteiger charge is -2.14. The Morgan fingerprint density at radius 1 is 1.18 bits per heavy atom. The molecule has 0 aliphatic rings. The van der Waals surface area contributed by atoms with Crippen LogP contribution in [0.4, 0.5) is 0 Å². The average Bonchev–Trinajstić information content (AvgIpc) is 3.37. The third-order valence-corrected chi connectivity index (χ3v) is 5.68. The van der Waals surface area contributed by atoms with E-state index in [1.54, 1.807) is 22.3 Å². The number of nitrogens with one attached hydrogen (secondary N) is 1. The number of benzene rings is 2. The summed E-state index contributed by atoms with van der Waals surface area (Å²) in [5, 5.41) is 8.27. The number of rotatable bonds is 7. The summed E-state index contributed by atoms with van der Waals surface area (Å²) in [5.74, 6) is 0.0639. The van der Waals surface area contributed by atoms with Crippen molar-refractivity contribution in [2.45, 2.75) is 32.2 Å². The standard InChI is InChI=1S/C21H21N5OS/c1-15(16-9-11-17(12-10-16)26-14-22-13-23-26)24-20(27)7-4-8-21-25-18-5-2-3-6-19(18)28-21/h2-3,5-6,9-15H,4,7-8H2,1H3,(H,24,27). The zero-order valence-electron chi connectivity index (χ0n) is 15.6. The van der Waals surface area contributed by atoms with E-state index in [9.17, 15) is 4.79 Å². The predicted octanol–water partition coefficient (Wildman–Crippen LogP) is 4.08. The largest absolute Gasteiger partial charge is 0.350 e. The molecule has 4 aromatic rings. The highest BCUT2D eigenvalue weighted by Crippen LogP contribution is 2.23. The van der Waals surface area contributed by atoms with Crippen LogP contribution in [0.2, 0.25) is 0 Å². The fourth-order valence-corrected chi connectivity index (χ4v) is 4.09. The van der Waals surface area contributed by atoms with Gasteiger partial charge in [0, 0.05) is 6.42 Å². The molecular weight excluding hydrogens is 370 g/mol. The maximum absolute atomic E-state index is 12.3. The van der Waals surface area contributed by atoms with E-state index in [1.807, 2.05) is 49.4 Å². The van der Waals surface area contributed by atoms with E-state index in [1.165, 1.54) is 11.0 Å². The molecule has 2 heterocycles. The van der Waals surface area contributed by atoms with Gasteiger partial charge in [0.1, 0.15) is 12.7 Å². The van der Waals surface area contributed by atoms with Crippen molar-refractivity contribution in [2.24, 2.45) is 0 Å². The van der Waals surface area contributed by atoms with Crippen LogP contribution in [0.15, 0.2) is 61.2 Å². The quantitative estimate of drug-likeness (QED) is 0.515. The second kappa shape index (κ2) is 8.31. The number of hydrogen-bond donors (Lipinski definition) is 1. The lowest BCUT2D eigenvalue weighted by atomic mass is 10.1. The van der Waals surface area contributed by atoms with Gasteiger partial charge in [-0.3, -0.25) is 4.79 Å². The minimum absolute atomic E-state index is 0.0419. The van der Waals surface area contributed by atoms with Crippen molar-refractivity contribution in [1.29, 1.82) is 0 Å². The number of carbonyl (C=O) groups excluding carboxylic acids is 1. The fraction of sp³-hybridized carbons (Fsp3) is 0.238. The van der Waals surface area contributed by atoms with Crippen LogP contribution in [0, 0.1) is 0 Å². The van der Waals surface area contributed by atoms with Crippen molar-refractivity contribution in [3.05, 3.63) is 71.8 Å². The average molecular weight is 392 g/mol. The van der Waals surface area contributed by atoms with Gasteiger partial charge in [0.05, 0.1) is 27.0 Å². The number of para-hydroxylation sites is 1. The molecule has 0 saturated carbocycles. The molecule has 7 heteroatoms. The molecule has 0 aliphatic carbocycles. The van der Waals surface area contributed by atoms with Crippen LogP contribution in [-0.4, -0.2) is 25.7 Å². The molecule has 1 N–H and O–H groups in total. The number of carbonyl (C=O) groups is 1.